The molecule has 1 aliphatic heterocycles. The molecule has 1 aliphatic rings. The highest BCUT2D eigenvalue weighted by Crippen LogP contribution is 2.34. The van der Waals surface area contributed by atoms with Crippen molar-refractivity contribution in [1.82, 2.24) is 4.90 Å². The highest BCUT2D eigenvalue weighted by atomic mass is 32.2. The molecule has 0 radical (unpaired) electrons. The molecule has 2 heterocycles. The Balaban J connectivity index is 1.47. The molecule has 0 atom stereocenters. The summed E-state index contributed by atoms with van der Waals surface area (Å²) >= 11 is 0.732. The van der Waals surface area contributed by atoms with Crippen LogP contribution in [-0.4, -0.2) is 39.6 Å². The third kappa shape index (κ3) is 4.88. The van der Waals surface area contributed by atoms with Crippen LogP contribution in [-0.2, 0) is 9.59 Å². The SMILES string of the molecule is Cc1cc(C(=O)O)ccc1-c1ccc(C=C2SC(=O)N(CC(=O)Nc3ccccc3)C2=O)o1. The summed E-state index contributed by atoms with van der Waals surface area (Å²) in [4.78, 5) is 49.4. The van der Waals surface area contributed by atoms with Gasteiger partial charge < -0.3 is 14.8 Å². The van der Waals surface area contributed by atoms with Gasteiger partial charge in [-0.05, 0) is 60.6 Å². The Morgan fingerprint density at radius 1 is 1.09 bits per heavy atom. The van der Waals surface area contributed by atoms with Gasteiger partial charge in [0.25, 0.3) is 11.1 Å². The molecule has 2 N–H and O–H groups in total. The van der Waals surface area contributed by atoms with Gasteiger partial charge in [0.2, 0.25) is 5.91 Å². The molecular formula is C24H18N2O6S. The molecule has 9 heteroatoms. The van der Waals surface area contributed by atoms with Crippen LogP contribution in [0.4, 0.5) is 10.5 Å². The first-order valence-electron chi connectivity index (χ1n) is 9.86. The Morgan fingerprint density at radius 3 is 2.55 bits per heavy atom. The number of rotatable bonds is 6. The maximum Gasteiger partial charge on any atom is 0.335 e. The number of furan rings is 1. The topological polar surface area (TPSA) is 117 Å². The first-order chi connectivity index (χ1) is 15.8. The fourth-order valence-corrected chi connectivity index (χ4v) is 4.10. The maximum absolute atomic E-state index is 12.7. The van der Waals surface area contributed by atoms with Gasteiger partial charge in [0.15, 0.2) is 0 Å². The Bertz CT molecular complexity index is 1300. The highest BCUT2D eigenvalue weighted by Gasteiger charge is 2.36. The summed E-state index contributed by atoms with van der Waals surface area (Å²) in [5.74, 6) is -1.22. The van der Waals surface area contributed by atoms with Crippen molar-refractivity contribution in [3.8, 4) is 11.3 Å². The van der Waals surface area contributed by atoms with E-state index < -0.39 is 29.6 Å². The minimum Gasteiger partial charge on any atom is -0.478 e. The summed E-state index contributed by atoms with van der Waals surface area (Å²) in [7, 11) is 0. The van der Waals surface area contributed by atoms with Crippen molar-refractivity contribution in [1.29, 1.82) is 0 Å². The molecule has 3 amide bonds. The van der Waals surface area contributed by atoms with Crippen LogP contribution in [0.2, 0.25) is 0 Å². The van der Waals surface area contributed by atoms with E-state index in [-0.39, 0.29) is 10.5 Å². The molecule has 0 unspecified atom stereocenters. The third-order valence-corrected chi connectivity index (χ3v) is 5.78. The van der Waals surface area contributed by atoms with Gasteiger partial charge in [0, 0.05) is 17.3 Å². The van der Waals surface area contributed by atoms with Crippen molar-refractivity contribution in [3.63, 3.8) is 0 Å². The summed E-state index contributed by atoms with van der Waals surface area (Å²) in [6.45, 7) is 1.38. The lowest BCUT2D eigenvalue weighted by molar-refractivity contribution is -0.127. The van der Waals surface area contributed by atoms with Crippen LogP contribution in [0.1, 0.15) is 21.7 Å². The lowest BCUT2D eigenvalue weighted by atomic mass is 10.0. The normalized spacial score (nSPS) is 14.7. The number of hydrogen-bond donors (Lipinski definition) is 2. The standard InChI is InChI=1S/C24H18N2O6S/c1-14-11-15(23(29)30)7-9-18(14)19-10-8-17(32-19)12-20-22(28)26(24(31)33-20)13-21(27)25-16-5-3-2-4-6-16/h2-12H,13H2,1H3,(H,25,27)(H,29,30). The van der Waals surface area contributed by atoms with Crippen molar-refractivity contribution >= 4 is 46.5 Å². The number of carbonyl (C=O) groups excluding carboxylic acids is 3. The number of imide groups is 1. The Morgan fingerprint density at radius 2 is 1.85 bits per heavy atom. The number of anilines is 1. The summed E-state index contributed by atoms with van der Waals surface area (Å²) < 4.78 is 5.79. The van der Waals surface area contributed by atoms with Gasteiger partial charge in [-0.15, -0.1) is 0 Å². The largest absolute Gasteiger partial charge is 0.478 e. The second kappa shape index (κ2) is 9.17. The van der Waals surface area contributed by atoms with Gasteiger partial charge >= 0.3 is 5.97 Å². The summed E-state index contributed by atoms with van der Waals surface area (Å²) in [6.07, 6.45) is 1.45. The van der Waals surface area contributed by atoms with Gasteiger partial charge in [-0.2, -0.15) is 0 Å². The fourth-order valence-electron chi connectivity index (χ4n) is 3.28. The summed E-state index contributed by atoms with van der Waals surface area (Å²) in [5.41, 5.74) is 2.18. The predicted octanol–water partition coefficient (Wildman–Crippen LogP) is 4.63. The van der Waals surface area contributed by atoms with E-state index in [1.165, 1.54) is 12.1 Å². The smallest absolute Gasteiger partial charge is 0.335 e. The number of para-hydroxylation sites is 1. The monoisotopic (exact) mass is 462 g/mol. The summed E-state index contributed by atoms with van der Waals surface area (Å²) in [5, 5.41) is 11.2. The molecule has 1 saturated heterocycles. The van der Waals surface area contributed by atoms with Crippen molar-refractivity contribution in [2.24, 2.45) is 0 Å². The summed E-state index contributed by atoms with van der Waals surface area (Å²) in [6, 6.07) is 16.8. The first kappa shape index (κ1) is 22.1. The molecule has 0 bridgehead atoms. The Labute approximate surface area is 192 Å². The number of nitrogens with zero attached hydrogens (tertiary/aromatic N) is 1. The molecule has 3 aromatic rings. The fraction of sp³-hybridized carbons (Fsp3) is 0.0833. The molecule has 0 aliphatic carbocycles. The minimum atomic E-state index is -1.02. The molecule has 8 nitrogen and oxygen atoms in total. The Hall–Kier alpha value is -4.11. The number of thioether (sulfide) groups is 1. The van der Waals surface area contributed by atoms with E-state index >= 15 is 0 Å². The zero-order valence-corrected chi connectivity index (χ0v) is 18.2. The van der Waals surface area contributed by atoms with Gasteiger partial charge in [-0.3, -0.25) is 19.3 Å². The first-order valence-corrected chi connectivity index (χ1v) is 10.7. The molecule has 1 aromatic heterocycles. The molecular weight excluding hydrogens is 444 g/mol. The van der Waals surface area contributed by atoms with Crippen LogP contribution in [0, 0.1) is 6.92 Å². The third-order valence-electron chi connectivity index (χ3n) is 4.87. The maximum atomic E-state index is 12.7. The van der Waals surface area contributed by atoms with Crippen molar-refractivity contribution in [3.05, 3.63) is 82.5 Å². The lowest BCUT2D eigenvalue weighted by Gasteiger charge is -2.12. The number of hydrogen-bond acceptors (Lipinski definition) is 6. The predicted molar refractivity (Wildman–Crippen MR) is 124 cm³/mol. The number of nitrogens with one attached hydrogen (secondary N) is 1. The molecule has 2 aromatic carbocycles. The van der Waals surface area contributed by atoms with Crippen LogP contribution in [0.3, 0.4) is 0 Å². The molecule has 4 rings (SSSR count). The van der Waals surface area contributed by atoms with E-state index in [1.54, 1.807) is 55.5 Å². The zero-order chi connectivity index (χ0) is 23.5. The van der Waals surface area contributed by atoms with Gasteiger partial charge in [0.1, 0.15) is 18.1 Å². The average molecular weight is 462 g/mol. The van der Waals surface area contributed by atoms with Gasteiger partial charge in [-0.1, -0.05) is 24.3 Å². The number of amides is 3. The minimum absolute atomic E-state index is 0.145. The van der Waals surface area contributed by atoms with Crippen molar-refractivity contribution in [2.45, 2.75) is 6.92 Å². The van der Waals surface area contributed by atoms with E-state index in [0.717, 1.165) is 22.2 Å². The van der Waals surface area contributed by atoms with E-state index in [2.05, 4.69) is 5.32 Å². The highest BCUT2D eigenvalue weighted by molar-refractivity contribution is 8.18. The quantitative estimate of drug-likeness (QED) is 0.513. The zero-order valence-electron chi connectivity index (χ0n) is 17.4. The molecule has 1 fully saturated rings. The second-order valence-electron chi connectivity index (χ2n) is 7.22. The van der Waals surface area contributed by atoms with Crippen LogP contribution >= 0.6 is 11.8 Å². The van der Waals surface area contributed by atoms with E-state index in [4.69, 9.17) is 9.52 Å². The molecule has 166 valence electrons. The number of carboxylic acids is 1. The Kier molecular flexibility index (Phi) is 6.14. The molecule has 0 spiro atoms. The van der Waals surface area contributed by atoms with Crippen LogP contribution in [0.25, 0.3) is 17.4 Å². The van der Waals surface area contributed by atoms with Crippen molar-refractivity contribution in [2.75, 3.05) is 11.9 Å². The van der Waals surface area contributed by atoms with E-state index in [0.29, 0.717) is 22.8 Å². The average Bonchev–Trinajstić information content (AvgIpc) is 3.34. The van der Waals surface area contributed by atoms with Gasteiger partial charge in [-0.25, -0.2) is 4.79 Å². The van der Waals surface area contributed by atoms with Gasteiger partial charge in [0.05, 0.1) is 10.5 Å². The van der Waals surface area contributed by atoms with E-state index in [1.807, 2.05) is 6.07 Å². The number of carbonyl (C=O) groups is 4. The molecule has 33 heavy (non-hydrogen) atoms. The second-order valence-corrected chi connectivity index (χ2v) is 8.21. The number of aryl methyl sites for hydroxylation is 1. The lowest BCUT2D eigenvalue weighted by Crippen LogP contribution is -2.36. The van der Waals surface area contributed by atoms with Crippen LogP contribution in [0.15, 0.2) is 70.0 Å². The number of benzene rings is 2. The van der Waals surface area contributed by atoms with Crippen LogP contribution < -0.4 is 5.32 Å². The van der Waals surface area contributed by atoms with Crippen molar-refractivity contribution < 1.29 is 28.7 Å². The number of aromatic carboxylic acids is 1. The molecule has 0 saturated carbocycles. The van der Waals surface area contributed by atoms with Crippen LogP contribution in [0.5, 0.6) is 0 Å². The van der Waals surface area contributed by atoms with E-state index in [9.17, 15) is 19.2 Å². The number of carboxylic acid groups (broad SMARTS) is 1.